The number of hydrogen-bond acceptors (Lipinski definition) is 1. The van der Waals surface area contributed by atoms with Crippen LogP contribution < -0.4 is 5.32 Å². The second-order valence-corrected chi connectivity index (χ2v) is 5.91. The van der Waals surface area contributed by atoms with E-state index in [2.05, 4.69) is 17.4 Å². The Balaban J connectivity index is 1.80. The minimum Gasteiger partial charge on any atom is -0.345 e. The lowest BCUT2D eigenvalue weighted by Crippen LogP contribution is -2.32. The minimum absolute atomic E-state index is 0.0289. The van der Waals surface area contributed by atoms with Gasteiger partial charge in [0, 0.05) is 5.56 Å². The first-order chi connectivity index (χ1) is 10.7. The third-order valence-corrected chi connectivity index (χ3v) is 4.42. The second-order valence-electron chi connectivity index (χ2n) is 5.91. The molecule has 1 saturated carbocycles. The maximum absolute atomic E-state index is 13.0. The molecule has 1 N–H and O–H groups in total. The monoisotopic (exact) mass is 297 g/mol. The van der Waals surface area contributed by atoms with Crippen molar-refractivity contribution in [2.75, 3.05) is 0 Å². The van der Waals surface area contributed by atoms with Crippen molar-refractivity contribution in [2.45, 2.75) is 31.7 Å². The summed E-state index contributed by atoms with van der Waals surface area (Å²) in [6.45, 7) is 0. The van der Waals surface area contributed by atoms with Crippen molar-refractivity contribution < 1.29 is 9.18 Å². The number of amides is 1. The quantitative estimate of drug-likeness (QED) is 0.885. The molecule has 3 heteroatoms. The van der Waals surface area contributed by atoms with Crippen molar-refractivity contribution in [3.8, 4) is 0 Å². The van der Waals surface area contributed by atoms with Gasteiger partial charge in [-0.15, -0.1) is 0 Å². The number of halogens is 1. The molecule has 1 amide bonds. The van der Waals surface area contributed by atoms with E-state index in [0.29, 0.717) is 11.5 Å². The van der Waals surface area contributed by atoms with Crippen molar-refractivity contribution in [3.63, 3.8) is 0 Å². The van der Waals surface area contributed by atoms with Crippen LogP contribution in [0, 0.1) is 11.7 Å². The highest BCUT2D eigenvalue weighted by Gasteiger charge is 2.27. The van der Waals surface area contributed by atoms with Crippen LogP contribution in [0.1, 0.15) is 47.6 Å². The smallest absolute Gasteiger partial charge is 0.251 e. The first-order valence-corrected chi connectivity index (χ1v) is 7.85. The van der Waals surface area contributed by atoms with Gasteiger partial charge in [-0.25, -0.2) is 4.39 Å². The zero-order valence-electron chi connectivity index (χ0n) is 12.5. The summed E-state index contributed by atoms with van der Waals surface area (Å²) in [5, 5.41) is 3.15. The molecule has 22 heavy (non-hydrogen) atoms. The van der Waals surface area contributed by atoms with Gasteiger partial charge in [0.25, 0.3) is 5.91 Å². The predicted octanol–water partition coefficient (Wildman–Crippen LogP) is 4.49. The fourth-order valence-electron chi connectivity index (χ4n) is 3.25. The van der Waals surface area contributed by atoms with Crippen LogP contribution in [0.3, 0.4) is 0 Å². The van der Waals surface area contributed by atoms with Crippen LogP contribution in [0.25, 0.3) is 0 Å². The van der Waals surface area contributed by atoms with Gasteiger partial charge in [0.05, 0.1) is 6.04 Å². The van der Waals surface area contributed by atoms with Crippen molar-refractivity contribution >= 4 is 5.91 Å². The van der Waals surface area contributed by atoms with Crippen LogP contribution in [-0.4, -0.2) is 5.91 Å². The maximum Gasteiger partial charge on any atom is 0.251 e. The Bertz CT molecular complexity index is 618. The molecule has 1 aliphatic rings. The van der Waals surface area contributed by atoms with E-state index in [9.17, 15) is 9.18 Å². The molecule has 1 fully saturated rings. The summed E-state index contributed by atoms with van der Waals surface area (Å²) in [5.74, 6) is 0.0134. The Hall–Kier alpha value is -2.16. The number of nitrogens with one attached hydrogen (secondary N) is 1. The highest BCUT2D eigenvalue weighted by atomic mass is 19.1. The number of rotatable bonds is 4. The van der Waals surface area contributed by atoms with Crippen molar-refractivity contribution in [1.29, 1.82) is 0 Å². The first kappa shape index (κ1) is 14.8. The number of benzene rings is 2. The van der Waals surface area contributed by atoms with Crippen molar-refractivity contribution in [3.05, 3.63) is 71.5 Å². The molecule has 2 nitrogen and oxygen atoms in total. The molecule has 3 rings (SSSR count). The van der Waals surface area contributed by atoms with Crippen molar-refractivity contribution in [1.82, 2.24) is 5.32 Å². The van der Waals surface area contributed by atoms with E-state index in [1.165, 1.54) is 37.1 Å². The van der Waals surface area contributed by atoms with Crippen molar-refractivity contribution in [2.24, 2.45) is 5.92 Å². The highest BCUT2D eigenvalue weighted by Crippen LogP contribution is 2.35. The van der Waals surface area contributed by atoms with Crippen LogP contribution in [0.5, 0.6) is 0 Å². The molecule has 0 bridgehead atoms. The molecule has 0 aliphatic heterocycles. The van der Waals surface area contributed by atoms with E-state index >= 15 is 0 Å². The summed E-state index contributed by atoms with van der Waals surface area (Å²) in [4.78, 5) is 12.5. The molecule has 0 heterocycles. The zero-order valence-corrected chi connectivity index (χ0v) is 12.5. The molecule has 0 saturated heterocycles. The average molecular weight is 297 g/mol. The molecule has 0 unspecified atom stereocenters. The van der Waals surface area contributed by atoms with E-state index in [4.69, 9.17) is 0 Å². The fraction of sp³-hybridized carbons (Fsp3) is 0.316. The molecule has 0 spiro atoms. The molecular formula is C19H20FNO. The van der Waals surface area contributed by atoms with E-state index in [1.807, 2.05) is 18.2 Å². The molecule has 0 radical (unpaired) electrons. The molecule has 0 aromatic heterocycles. The fourth-order valence-corrected chi connectivity index (χ4v) is 3.25. The van der Waals surface area contributed by atoms with Gasteiger partial charge in [-0.05, 0) is 48.6 Å². The number of hydrogen-bond donors (Lipinski definition) is 1. The highest BCUT2D eigenvalue weighted by molar-refractivity contribution is 5.94. The summed E-state index contributed by atoms with van der Waals surface area (Å²) < 4.78 is 13.0. The summed E-state index contributed by atoms with van der Waals surface area (Å²) >= 11 is 0. The van der Waals surface area contributed by atoms with Gasteiger partial charge in [-0.2, -0.15) is 0 Å². The van der Waals surface area contributed by atoms with Crippen LogP contribution in [0.2, 0.25) is 0 Å². The van der Waals surface area contributed by atoms with Gasteiger partial charge in [0.2, 0.25) is 0 Å². The Kier molecular flexibility index (Phi) is 4.52. The van der Waals surface area contributed by atoms with E-state index < -0.39 is 0 Å². The lowest BCUT2D eigenvalue weighted by atomic mass is 9.91. The third-order valence-electron chi connectivity index (χ3n) is 4.42. The van der Waals surface area contributed by atoms with E-state index in [1.54, 1.807) is 0 Å². The number of carbonyl (C=O) groups is 1. The van der Waals surface area contributed by atoms with Gasteiger partial charge < -0.3 is 5.32 Å². The largest absolute Gasteiger partial charge is 0.345 e. The van der Waals surface area contributed by atoms with Gasteiger partial charge in [0.1, 0.15) is 5.82 Å². The average Bonchev–Trinajstić information content (AvgIpc) is 3.08. The zero-order chi connectivity index (χ0) is 15.4. The molecular weight excluding hydrogens is 277 g/mol. The van der Waals surface area contributed by atoms with Gasteiger partial charge in [-0.3, -0.25) is 4.79 Å². The standard InChI is InChI=1S/C19H20FNO/c20-17-12-10-16(11-13-17)19(22)21-18(15-8-4-5-9-15)14-6-2-1-3-7-14/h1-3,6-7,10-13,15,18H,4-5,8-9H2,(H,21,22)/t18-/m1/s1. The molecule has 1 aliphatic carbocycles. The Labute approximate surface area is 130 Å². The van der Waals surface area contributed by atoms with Gasteiger partial charge in [-0.1, -0.05) is 43.2 Å². The van der Waals surface area contributed by atoms with Gasteiger partial charge in [0.15, 0.2) is 0 Å². The number of carbonyl (C=O) groups excluding carboxylic acids is 1. The Morgan fingerprint density at radius 3 is 2.27 bits per heavy atom. The summed E-state index contributed by atoms with van der Waals surface area (Å²) in [5.41, 5.74) is 1.64. The second kappa shape index (κ2) is 6.73. The normalized spacial score (nSPS) is 16.4. The van der Waals surface area contributed by atoms with Crippen LogP contribution in [-0.2, 0) is 0 Å². The van der Waals surface area contributed by atoms with Crippen LogP contribution in [0.15, 0.2) is 54.6 Å². The molecule has 2 aromatic carbocycles. The lowest BCUT2D eigenvalue weighted by molar-refractivity contribution is 0.0921. The van der Waals surface area contributed by atoms with E-state index in [0.717, 1.165) is 18.4 Å². The molecule has 2 aromatic rings. The summed E-state index contributed by atoms with van der Waals surface area (Å²) in [7, 11) is 0. The van der Waals surface area contributed by atoms with Gasteiger partial charge >= 0.3 is 0 Å². The predicted molar refractivity (Wildman–Crippen MR) is 85.0 cm³/mol. The maximum atomic E-state index is 13.0. The van der Waals surface area contributed by atoms with Crippen LogP contribution >= 0.6 is 0 Å². The third kappa shape index (κ3) is 3.35. The topological polar surface area (TPSA) is 29.1 Å². The Morgan fingerprint density at radius 1 is 1.00 bits per heavy atom. The Morgan fingerprint density at radius 2 is 1.64 bits per heavy atom. The molecule has 1 atom stereocenters. The van der Waals surface area contributed by atoms with E-state index in [-0.39, 0.29) is 17.8 Å². The molecule has 114 valence electrons. The SMILES string of the molecule is O=C(N[C@H](c1ccccc1)C1CCCC1)c1ccc(F)cc1. The minimum atomic E-state index is -0.327. The van der Waals surface area contributed by atoms with Crippen LogP contribution in [0.4, 0.5) is 4.39 Å². The summed E-state index contributed by atoms with van der Waals surface area (Å²) in [6, 6.07) is 15.8. The first-order valence-electron chi connectivity index (χ1n) is 7.85. The lowest BCUT2D eigenvalue weighted by Gasteiger charge is -2.25. The summed E-state index contributed by atoms with van der Waals surface area (Å²) in [6.07, 6.45) is 4.73.